The molecule has 1 aliphatic carbocycles. The van der Waals surface area contributed by atoms with Gasteiger partial charge in [0.05, 0.1) is 68.1 Å². The van der Waals surface area contributed by atoms with Crippen molar-refractivity contribution in [2.45, 2.75) is 30.6 Å². The van der Waals surface area contributed by atoms with E-state index in [1.54, 1.807) is 57.6 Å². The van der Waals surface area contributed by atoms with Gasteiger partial charge in [-0.25, -0.2) is 14.5 Å². The van der Waals surface area contributed by atoms with Gasteiger partial charge >= 0.3 is 21.1 Å². The molecule has 0 heterocycles. The minimum Gasteiger partial charge on any atom is -0.340 e. The molecule has 0 saturated heterocycles. The Hall–Kier alpha value is -5.44. The molecule has 282 valence electrons. The average Bonchev–Trinajstić information content (AvgIpc) is 3.29. The minimum absolute atomic E-state index is 0. The van der Waals surface area contributed by atoms with E-state index in [0.29, 0.717) is 34.3 Å². The molecule has 2 unspecified atom stereocenters. The Morgan fingerprint density at radius 1 is 0.345 bits per heavy atom. The summed E-state index contributed by atoms with van der Waals surface area (Å²) in [6.07, 6.45) is 3.79. The number of hydrogen-bond acceptors (Lipinski definition) is 0. The van der Waals surface area contributed by atoms with E-state index >= 15 is 0 Å². The molecule has 0 spiro atoms. The molecule has 1 aliphatic rings. The number of para-hydroxylation sites is 3. The SMILES string of the molecule is [C-]#[N+]c1ccccc1.[C-]#[N+]c1ccccc1.[C-]#[N+]c1ccccc1.[CH2-]C1CC([PH+](c2ccccc2)c2ccccc2)CC([PH+](c2ccccc2)c2ccccc2)C1.[Mo+4]. The van der Waals surface area contributed by atoms with E-state index < -0.39 is 15.8 Å². The van der Waals surface area contributed by atoms with Crippen molar-refractivity contribution in [1.82, 2.24) is 0 Å². The van der Waals surface area contributed by atoms with Gasteiger partial charge in [-0.2, -0.15) is 5.92 Å². The fraction of sp³-hybridized carbons (Fsp3) is 0.115. The molecule has 0 radical (unpaired) electrons. The van der Waals surface area contributed by atoms with E-state index in [1.807, 2.05) is 54.6 Å². The van der Waals surface area contributed by atoms with Crippen LogP contribution in [0.5, 0.6) is 0 Å². The quantitative estimate of drug-likeness (QED) is 0.0897. The van der Waals surface area contributed by atoms with E-state index in [-0.39, 0.29) is 21.1 Å². The van der Waals surface area contributed by atoms with Crippen molar-refractivity contribution in [3.63, 3.8) is 0 Å². The first kappa shape index (κ1) is 45.3. The number of hydrogen-bond donors (Lipinski definition) is 0. The van der Waals surface area contributed by atoms with Crippen LogP contribution in [0.1, 0.15) is 19.3 Å². The molecule has 0 bridgehead atoms. The van der Waals surface area contributed by atoms with Crippen LogP contribution in [0.2, 0.25) is 0 Å². The standard InChI is InChI=1S/C31H31P2.3C7H5N.Mo/c1-25-22-30(32(26-14-6-2-7-15-26)27-16-8-3-9-17-27)24-31(23-25)33(28-18-10-4-11-19-28)29-20-12-5-13-21-29;3*1-8-7-5-3-2-4-6-7;/h2-21,25,30-31H,1,22-24H2;3*2-6H;/q-1;;;;+4/p+2. The molecule has 0 amide bonds. The van der Waals surface area contributed by atoms with Crippen molar-refractivity contribution in [2.24, 2.45) is 5.92 Å². The molecule has 7 aromatic carbocycles. The Labute approximate surface area is 363 Å². The molecular weight excluding hydrogens is 824 g/mol. The van der Waals surface area contributed by atoms with Gasteiger partial charge < -0.3 is 6.92 Å². The minimum atomic E-state index is -0.885. The fourth-order valence-corrected chi connectivity index (χ4v) is 14.3. The van der Waals surface area contributed by atoms with Gasteiger partial charge in [0, 0.05) is 6.42 Å². The zero-order valence-electron chi connectivity index (χ0n) is 32.5. The fourth-order valence-electron chi connectivity index (χ4n) is 7.16. The molecule has 0 aliphatic heterocycles. The smallest absolute Gasteiger partial charge is 0.340 e. The summed E-state index contributed by atoms with van der Waals surface area (Å²) in [5.74, 6) is 0.522. The van der Waals surface area contributed by atoms with Crippen molar-refractivity contribution >= 4 is 54.1 Å². The van der Waals surface area contributed by atoms with Crippen LogP contribution in [0.25, 0.3) is 14.5 Å². The van der Waals surface area contributed by atoms with Crippen molar-refractivity contribution < 1.29 is 21.1 Å². The second kappa shape index (κ2) is 25.7. The topological polar surface area (TPSA) is 13.1 Å². The largest absolute Gasteiger partial charge is 4.00 e. The Balaban J connectivity index is 0.000000239. The molecule has 6 heteroatoms. The third-order valence-electron chi connectivity index (χ3n) is 9.62. The maximum Gasteiger partial charge on any atom is 4.00 e. The molecular formula is C52H48MoN3P2+5. The predicted molar refractivity (Wildman–Crippen MR) is 249 cm³/mol. The summed E-state index contributed by atoms with van der Waals surface area (Å²) in [5.41, 5.74) is 3.51. The zero-order valence-corrected chi connectivity index (χ0v) is 36.5. The molecule has 0 aromatic heterocycles. The molecule has 8 rings (SSSR count). The summed E-state index contributed by atoms with van der Waals surface area (Å²) in [6, 6.07) is 72.8. The van der Waals surface area contributed by atoms with Gasteiger partial charge in [-0.3, -0.25) is 0 Å². The Kier molecular flexibility index (Phi) is 20.1. The zero-order chi connectivity index (χ0) is 39.9. The first-order valence-corrected chi connectivity index (χ1v) is 22.3. The van der Waals surface area contributed by atoms with Crippen molar-refractivity contribution in [1.29, 1.82) is 0 Å². The summed E-state index contributed by atoms with van der Waals surface area (Å²) < 4.78 is 0. The van der Waals surface area contributed by atoms with Gasteiger partial charge in [-0.05, 0) is 61.4 Å². The van der Waals surface area contributed by atoms with Crippen molar-refractivity contribution in [3.05, 3.63) is 253 Å². The third kappa shape index (κ3) is 14.5. The van der Waals surface area contributed by atoms with Crippen LogP contribution < -0.4 is 21.2 Å². The number of nitrogens with zero attached hydrogens (tertiary/aromatic N) is 3. The van der Waals surface area contributed by atoms with Gasteiger partial charge in [0.25, 0.3) is 0 Å². The van der Waals surface area contributed by atoms with E-state index in [0.717, 1.165) is 0 Å². The maximum atomic E-state index is 6.57. The molecule has 3 nitrogen and oxygen atoms in total. The van der Waals surface area contributed by atoms with Crippen molar-refractivity contribution in [2.75, 3.05) is 0 Å². The van der Waals surface area contributed by atoms with Gasteiger partial charge in [-0.15, -0.1) is 0 Å². The Bertz CT molecular complexity index is 1990. The van der Waals surface area contributed by atoms with E-state index in [1.165, 1.54) is 19.3 Å². The van der Waals surface area contributed by atoms with Crippen LogP contribution in [-0.2, 0) is 21.1 Å². The summed E-state index contributed by atoms with van der Waals surface area (Å²) >= 11 is 0. The normalized spacial score (nSPS) is 15.1. The Morgan fingerprint density at radius 3 is 0.741 bits per heavy atom. The van der Waals surface area contributed by atoms with Crippen LogP contribution >= 0.6 is 15.8 Å². The average molecular weight is 873 g/mol. The number of benzene rings is 7. The third-order valence-corrected chi connectivity index (χ3v) is 16.0. The monoisotopic (exact) mass is 874 g/mol. The summed E-state index contributed by atoms with van der Waals surface area (Å²) in [5, 5.41) is 6.17. The first-order chi connectivity index (χ1) is 28.1. The molecule has 1 saturated carbocycles. The van der Waals surface area contributed by atoms with Crippen molar-refractivity contribution in [3.8, 4) is 0 Å². The maximum absolute atomic E-state index is 6.57. The van der Waals surface area contributed by atoms with Gasteiger partial charge in [0.2, 0.25) is 0 Å². The molecule has 1 fully saturated rings. The molecule has 2 atom stereocenters. The predicted octanol–water partition coefficient (Wildman–Crippen LogP) is 12.8. The molecule has 0 N–H and O–H groups in total. The molecule has 7 aromatic rings. The second-order valence-electron chi connectivity index (χ2n) is 13.6. The van der Waals surface area contributed by atoms with Crippen LogP contribution in [-0.4, -0.2) is 11.3 Å². The van der Waals surface area contributed by atoms with Gasteiger partial charge in [0.1, 0.15) is 0 Å². The van der Waals surface area contributed by atoms with Gasteiger partial charge in [-0.1, -0.05) is 164 Å². The second-order valence-corrected chi connectivity index (χ2v) is 19.2. The van der Waals surface area contributed by atoms with Gasteiger partial charge in [0.15, 0.2) is 17.1 Å². The van der Waals surface area contributed by atoms with Crippen LogP contribution in [0.15, 0.2) is 212 Å². The summed E-state index contributed by atoms with van der Waals surface area (Å²) in [6.45, 7) is 24.4. The van der Waals surface area contributed by atoms with Crippen LogP contribution in [0, 0.1) is 32.6 Å². The summed E-state index contributed by atoms with van der Waals surface area (Å²) in [7, 11) is -1.77. The van der Waals surface area contributed by atoms with E-state index in [4.69, 9.17) is 19.7 Å². The number of rotatable bonds is 6. The first-order valence-electron chi connectivity index (χ1n) is 19.2. The van der Waals surface area contributed by atoms with Crippen LogP contribution in [0.3, 0.4) is 0 Å². The molecule has 58 heavy (non-hydrogen) atoms. The van der Waals surface area contributed by atoms with E-state index in [2.05, 4.69) is 143 Å². The Morgan fingerprint density at radius 2 is 0.552 bits per heavy atom. The van der Waals surface area contributed by atoms with E-state index in [9.17, 15) is 0 Å². The van der Waals surface area contributed by atoms with Crippen LogP contribution in [0.4, 0.5) is 17.1 Å². The summed E-state index contributed by atoms with van der Waals surface area (Å²) in [4.78, 5) is 9.66.